The highest BCUT2D eigenvalue weighted by atomic mass is 35.5. The molecule has 2 amide bonds. The fourth-order valence-corrected chi connectivity index (χ4v) is 3.54. The molecule has 1 fully saturated rings. The summed E-state index contributed by atoms with van der Waals surface area (Å²) >= 11 is 5.68. The van der Waals surface area contributed by atoms with Gasteiger partial charge in [-0.1, -0.05) is 11.6 Å². The molecule has 3 aromatic rings. The van der Waals surface area contributed by atoms with Gasteiger partial charge in [-0.3, -0.25) is 9.59 Å². The Morgan fingerprint density at radius 2 is 1.94 bits per heavy atom. The Morgan fingerprint density at radius 3 is 2.66 bits per heavy atom. The Balaban J connectivity index is 1.55. The number of hydrogen-bond acceptors (Lipinski definition) is 7. The average Bonchev–Trinajstić information content (AvgIpc) is 2.84. The molecule has 2 aromatic carbocycles. The first-order valence-electron chi connectivity index (χ1n) is 10.4. The second kappa shape index (κ2) is 10.1. The lowest BCUT2D eigenvalue weighted by molar-refractivity contribution is -0.134. The quantitative estimate of drug-likeness (QED) is 0.377. The van der Waals surface area contributed by atoms with Gasteiger partial charge >= 0.3 is 0 Å². The minimum absolute atomic E-state index is 0.0624. The number of nitrogens with zero attached hydrogens (tertiary/aromatic N) is 3. The van der Waals surface area contributed by atoms with Crippen molar-refractivity contribution in [1.29, 1.82) is 0 Å². The third kappa shape index (κ3) is 5.09. The first kappa shape index (κ1) is 24.1. The molecular weight excluding hydrogens is 484 g/mol. The van der Waals surface area contributed by atoms with Gasteiger partial charge in [0.25, 0.3) is 0 Å². The zero-order chi connectivity index (χ0) is 25.1. The normalized spacial score (nSPS) is 13.6. The van der Waals surface area contributed by atoms with Gasteiger partial charge in [0.2, 0.25) is 11.8 Å². The Labute approximate surface area is 203 Å². The first-order chi connectivity index (χ1) is 16.8. The highest BCUT2D eigenvalue weighted by Gasteiger charge is 2.32. The van der Waals surface area contributed by atoms with E-state index in [4.69, 9.17) is 21.1 Å². The molecule has 182 valence electrons. The van der Waals surface area contributed by atoms with E-state index in [-0.39, 0.29) is 29.4 Å². The SMILES string of the molecule is CNC(=O)C=CC(=O)N1CC(Oc2cc3c(Nc4ccc(F)c(Cl)c4F)ncnc3cc2OC)C1. The largest absolute Gasteiger partial charge is 0.493 e. The van der Waals surface area contributed by atoms with Crippen LogP contribution in [0.15, 0.2) is 42.7 Å². The summed E-state index contributed by atoms with van der Waals surface area (Å²) in [7, 11) is 2.95. The molecule has 1 aliphatic heterocycles. The number of likely N-dealkylation sites (tertiary alicyclic amines) is 1. The van der Waals surface area contributed by atoms with Crippen LogP contribution in [-0.4, -0.2) is 60.0 Å². The van der Waals surface area contributed by atoms with Crippen molar-refractivity contribution in [3.8, 4) is 11.5 Å². The van der Waals surface area contributed by atoms with Crippen molar-refractivity contribution < 1.29 is 27.8 Å². The highest BCUT2D eigenvalue weighted by Crippen LogP contribution is 2.37. The summed E-state index contributed by atoms with van der Waals surface area (Å²) in [4.78, 5) is 33.3. The number of benzene rings is 2. The molecule has 35 heavy (non-hydrogen) atoms. The van der Waals surface area contributed by atoms with Gasteiger partial charge in [-0.25, -0.2) is 18.7 Å². The number of halogens is 3. The van der Waals surface area contributed by atoms with Gasteiger partial charge in [0.1, 0.15) is 29.1 Å². The van der Waals surface area contributed by atoms with Crippen LogP contribution in [0.1, 0.15) is 0 Å². The maximum atomic E-state index is 14.4. The van der Waals surface area contributed by atoms with Crippen molar-refractivity contribution in [2.45, 2.75) is 6.10 Å². The molecule has 2 N–H and O–H groups in total. The topological polar surface area (TPSA) is 106 Å². The smallest absolute Gasteiger partial charge is 0.247 e. The number of likely N-dealkylation sites (N-methyl/N-ethyl adjacent to an activating group) is 1. The summed E-state index contributed by atoms with van der Waals surface area (Å²) in [6.45, 7) is 0.627. The monoisotopic (exact) mass is 503 g/mol. The molecule has 0 atom stereocenters. The molecule has 2 heterocycles. The molecule has 1 saturated heterocycles. The van der Waals surface area contributed by atoms with E-state index in [0.29, 0.717) is 35.5 Å². The summed E-state index contributed by atoms with van der Waals surface area (Å²) in [5.41, 5.74) is 0.428. The van der Waals surface area contributed by atoms with E-state index in [0.717, 1.165) is 12.1 Å². The van der Waals surface area contributed by atoms with Gasteiger partial charge in [0, 0.05) is 30.7 Å². The molecule has 1 aromatic heterocycles. The fraction of sp³-hybridized carbons (Fsp3) is 0.217. The van der Waals surface area contributed by atoms with Gasteiger partial charge < -0.3 is 25.0 Å². The van der Waals surface area contributed by atoms with Gasteiger partial charge in [0.05, 0.1) is 31.4 Å². The third-order valence-corrected chi connectivity index (χ3v) is 5.63. The Bertz CT molecular complexity index is 1330. The van der Waals surface area contributed by atoms with E-state index in [9.17, 15) is 18.4 Å². The van der Waals surface area contributed by atoms with Crippen LogP contribution in [0.4, 0.5) is 20.3 Å². The number of nitrogens with one attached hydrogen (secondary N) is 2. The molecule has 0 radical (unpaired) electrons. The molecular formula is C23H20ClF2N5O4. The average molecular weight is 504 g/mol. The van der Waals surface area contributed by atoms with Crippen LogP contribution < -0.4 is 20.1 Å². The second-order valence-corrected chi connectivity index (χ2v) is 7.90. The Morgan fingerprint density at radius 1 is 1.17 bits per heavy atom. The number of methoxy groups -OCH3 is 1. The number of aromatic nitrogens is 2. The predicted octanol–water partition coefficient (Wildman–Crippen LogP) is 3.21. The van der Waals surface area contributed by atoms with Crippen molar-refractivity contribution in [1.82, 2.24) is 20.2 Å². The van der Waals surface area contributed by atoms with Crippen molar-refractivity contribution in [2.24, 2.45) is 0 Å². The molecule has 12 heteroatoms. The minimum Gasteiger partial charge on any atom is -0.493 e. The van der Waals surface area contributed by atoms with E-state index in [1.54, 1.807) is 12.1 Å². The maximum Gasteiger partial charge on any atom is 0.247 e. The van der Waals surface area contributed by atoms with Gasteiger partial charge in [0.15, 0.2) is 17.3 Å². The zero-order valence-corrected chi connectivity index (χ0v) is 19.4. The molecule has 9 nitrogen and oxygen atoms in total. The number of hydrogen-bond donors (Lipinski definition) is 2. The van der Waals surface area contributed by atoms with E-state index < -0.39 is 16.7 Å². The van der Waals surface area contributed by atoms with Crippen LogP contribution in [0, 0.1) is 11.6 Å². The van der Waals surface area contributed by atoms with Crippen LogP contribution in [0.2, 0.25) is 5.02 Å². The van der Waals surface area contributed by atoms with Crippen molar-refractivity contribution in [3.05, 3.63) is 59.4 Å². The lowest BCUT2D eigenvalue weighted by Gasteiger charge is -2.38. The summed E-state index contributed by atoms with van der Waals surface area (Å²) in [6.07, 6.45) is 3.33. The molecule has 4 rings (SSSR count). The molecule has 1 aliphatic rings. The van der Waals surface area contributed by atoms with Crippen LogP contribution in [0.5, 0.6) is 11.5 Å². The Kier molecular flexibility index (Phi) is 6.97. The van der Waals surface area contributed by atoms with E-state index >= 15 is 0 Å². The maximum absolute atomic E-state index is 14.4. The van der Waals surface area contributed by atoms with Gasteiger partial charge in [-0.05, 0) is 18.2 Å². The standard InChI is InChI=1S/C23H20ClF2N5O4/c1-27-19(32)5-6-20(33)31-9-12(10-31)35-18-7-13-16(8-17(18)34-2)28-11-29-23(13)30-15-4-3-14(25)21(24)22(15)26/h3-8,11-12H,9-10H2,1-2H3,(H,27,32)(H,28,29,30). The number of rotatable bonds is 7. The fourth-order valence-electron chi connectivity index (χ4n) is 3.37. The van der Waals surface area contributed by atoms with Crippen molar-refractivity contribution >= 4 is 45.8 Å². The minimum atomic E-state index is -0.951. The molecule has 0 unspecified atom stereocenters. The number of fused-ring (bicyclic) bond motifs is 1. The molecule has 0 spiro atoms. The first-order valence-corrected chi connectivity index (χ1v) is 10.8. The number of carbonyl (C=O) groups excluding carboxylic acids is 2. The Hall–Kier alpha value is -3.99. The van der Waals surface area contributed by atoms with E-state index in [1.807, 2.05) is 0 Å². The molecule has 0 bridgehead atoms. The van der Waals surface area contributed by atoms with Gasteiger partial charge in [-0.15, -0.1) is 0 Å². The summed E-state index contributed by atoms with van der Waals surface area (Å²) < 4.78 is 39.4. The van der Waals surface area contributed by atoms with E-state index in [1.165, 1.54) is 37.5 Å². The lowest BCUT2D eigenvalue weighted by atomic mass is 10.1. The second-order valence-electron chi connectivity index (χ2n) is 7.52. The summed E-state index contributed by atoms with van der Waals surface area (Å²) in [6, 6.07) is 5.53. The predicted molar refractivity (Wildman–Crippen MR) is 125 cm³/mol. The van der Waals surface area contributed by atoms with Crippen LogP contribution in [-0.2, 0) is 9.59 Å². The summed E-state index contributed by atoms with van der Waals surface area (Å²) in [5.74, 6) is -1.49. The van der Waals surface area contributed by atoms with Crippen LogP contribution in [0.25, 0.3) is 10.9 Å². The van der Waals surface area contributed by atoms with E-state index in [2.05, 4.69) is 20.6 Å². The number of amides is 2. The van der Waals surface area contributed by atoms with Gasteiger partial charge in [-0.2, -0.15) is 0 Å². The number of ether oxygens (including phenoxy) is 2. The number of carbonyl (C=O) groups is 2. The van der Waals surface area contributed by atoms with Crippen LogP contribution in [0.3, 0.4) is 0 Å². The summed E-state index contributed by atoms with van der Waals surface area (Å²) in [5, 5.41) is 5.07. The van der Waals surface area contributed by atoms with Crippen molar-refractivity contribution in [2.75, 3.05) is 32.6 Å². The number of anilines is 2. The highest BCUT2D eigenvalue weighted by molar-refractivity contribution is 6.31. The lowest BCUT2D eigenvalue weighted by Crippen LogP contribution is -2.55. The zero-order valence-electron chi connectivity index (χ0n) is 18.6. The molecule has 0 aliphatic carbocycles. The van der Waals surface area contributed by atoms with Crippen molar-refractivity contribution in [3.63, 3.8) is 0 Å². The molecule has 0 saturated carbocycles. The van der Waals surface area contributed by atoms with Crippen LogP contribution >= 0.6 is 11.6 Å². The third-order valence-electron chi connectivity index (χ3n) is 5.29.